The van der Waals surface area contributed by atoms with Crippen LogP contribution in [0.3, 0.4) is 0 Å². The highest BCUT2D eigenvalue weighted by molar-refractivity contribution is 4.69. The van der Waals surface area contributed by atoms with Crippen LogP contribution in [0, 0.1) is 5.41 Å². The molecule has 0 aromatic rings. The summed E-state index contributed by atoms with van der Waals surface area (Å²) in [6.07, 6.45) is 1.79. The van der Waals surface area contributed by atoms with Crippen LogP contribution in [-0.2, 0) is 0 Å². The Morgan fingerprint density at radius 3 is 1.36 bits per heavy atom. The summed E-state index contributed by atoms with van der Waals surface area (Å²) < 4.78 is 0. The predicted molar refractivity (Wildman–Crippen MR) is 48.8 cm³/mol. The van der Waals surface area contributed by atoms with Gasteiger partial charge in [-0.3, -0.25) is 0 Å². The van der Waals surface area contributed by atoms with Crippen LogP contribution < -0.4 is 11.3 Å². The zero-order valence-electron chi connectivity index (χ0n) is 8.82. The molecule has 2 heteroatoms. The van der Waals surface area contributed by atoms with Crippen molar-refractivity contribution in [3.8, 4) is 0 Å². The summed E-state index contributed by atoms with van der Waals surface area (Å²) in [4.78, 5) is 0. The van der Waals surface area contributed by atoms with Crippen molar-refractivity contribution in [3.63, 3.8) is 0 Å². The normalized spacial score (nSPS) is 12.5. The van der Waals surface area contributed by atoms with Gasteiger partial charge in [-0.2, -0.15) is 0 Å². The first-order chi connectivity index (χ1) is 4.21. The molecule has 70 valence electrons. The average molecular weight is 161 g/mol. The maximum Gasteiger partial charge on any atom is -0.0383 e. The van der Waals surface area contributed by atoms with Gasteiger partial charge in [0.1, 0.15) is 0 Å². The van der Waals surface area contributed by atoms with E-state index in [2.05, 4.69) is 20.8 Å². The molecule has 0 aromatic heterocycles. The van der Waals surface area contributed by atoms with Crippen molar-refractivity contribution in [1.29, 1.82) is 0 Å². The maximum absolute atomic E-state index is 11.2. The lowest BCUT2D eigenvalue weighted by atomic mass is 9.86. The van der Waals surface area contributed by atoms with E-state index in [9.17, 15) is 5.11 Å². The van der Waals surface area contributed by atoms with Gasteiger partial charge in [-0.15, -0.1) is 5.60 Å². The third-order valence-electron chi connectivity index (χ3n) is 1.48. The highest BCUT2D eigenvalue weighted by Gasteiger charge is 2.12. The van der Waals surface area contributed by atoms with Gasteiger partial charge in [0.2, 0.25) is 0 Å². The predicted octanol–water partition coefficient (Wildman–Crippen LogP) is 2.33. The molecular weight excluding hydrogens is 138 g/mol. The molecule has 0 aliphatic carbocycles. The second-order valence-corrected chi connectivity index (χ2v) is 4.82. The molecule has 2 nitrogen and oxygen atoms in total. The van der Waals surface area contributed by atoms with Gasteiger partial charge in [-0.1, -0.05) is 41.0 Å². The van der Waals surface area contributed by atoms with Gasteiger partial charge in [0.05, 0.1) is 0 Å². The van der Waals surface area contributed by atoms with Gasteiger partial charge in [-0.05, 0) is 11.8 Å². The Morgan fingerprint density at radius 2 is 1.27 bits per heavy atom. The molecule has 0 rings (SSSR count). The second-order valence-electron chi connectivity index (χ2n) is 4.82. The number of hydrogen-bond acceptors (Lipinski definition) is 1. The van der Waals surface area contributed by atoms with E-state index in [1.165, 1.54) is 0 Å². The van der Waals surface area contributed by atoms with Gasteiger partial charge in [-0.25, -0.2) is 0 Å². The van der Waals surface area contributed by atoms with Crippen LogP contribution in [-0.4, -0.2) is 5.60 Å². The van der Waals surface area contributed by atoms with E-state index in [0.717, 1.165) is 12.8 Å². The molecule has 0 atom stereocenters. The summed E-state index contributed by atoms with van der Waals surface area (Å²) in [5.74, 6) is 0. The molecule has 0 fully saturated rings. The minimum absolute atomic E-state index is 0. The van der Waals surface area contributed by atoms with Crippen LogP contribution in [0.15, 0.2) is 0 Å². The topological polar surface area (TPSA) is 59.6 Å². The number of quaternary nitrogens is 1. The Kier molecular flexibility index (Phi) is 5.00. The fraction of sp³-hybridized carbons (Fsp3) is 1.00. The van der Waals surface area contributed by atoms with Crippen LogP contribution in [0.25, 0.3) is 0 Å². The molecule has 0 aliphatic heterocycles. The van der Waals surface area contributed by atoms with Crippen molar-refractivity contribution in [2.24, 2.45) is 5.41 Å². The Hall–Kier alpha value is -0.0800. The Labute approximate surface area is 70.6 Å². The minimum atomic E-state index is -0.743. The fourth-order valence-corrected chi connectivity index (χ4v) is 0.676. The monoisotopic (exact) mass is 161 g/mol. The molecule has 11 heavy (non-hydrogen) atoms. The average Bonchev–Trinajstić information content (AvgIpc) is 1.57. The maximum atomic E-state index is 11.2. The third-order valence-corrected chi connectivity index (χ3v) is 1.48. The first-order valence-corrected chi connectivity index (χ1v) is 3.91. The van der Waals surface area contributed by atoms with Crippen LogP contribution in [0.1, 0.15) is 47.5 Å². The molecule has 0 heterocycles. The van der Waals surface area contributed by atoms with E-state index < -0.39 is 5.60 Å². The molecule has 0 amide bonds. The SMILES string of the molecule is CC(C)(C)CCC(C)(C)[O-].[NH4+]. The second kappa shape index (κ2) is 4.07. The highest BCUT2D eigenvalue weighted by atomic mass is 16.3. The van der Waals surface area contributed by atoms with Crippen LogP contribution in [0.2, 0.25) is 0 Å². The zero-order chi connectivity index (χ0) is 8.41. The van der Waals surface area contributed by atoms with E-state index in [-0.39, 0.29) is 6.15 Å². The van der Waals surface area contributed by atoms with Gasteiger partial charge in [0, 0.05) is 0 Å². The lowest BCUT2D eigenvalue weighted by Gasteiger charge is -2.34. The summed E-state index contributed by atoms with van der Waals surface area (Å²) in [5.41, 5.74) is -0.436. The number of rotatable bonds is 2. The van der Waals surface area contributed by atoms with Gasteiger partial charge in [0.25, 0.3) is 0 Å². The van der Waals surface area contributed by atoms with Crippen LogP contribution in [0.5, 0.6) is 0 Å². The molecule has 0 radical (unpaired) electrons. The zero-order valence-corrected chi connectivity index (χ0v) is 8.82. The lowest BCUT2D eigenvalue weighted by Crippen LogP contribution is -2.37. The van der Waals surface area contributed by atoms with Crippen molar-refractivity contribution in [2.45, 2.75) is 53.1 Å². The van der Waals surface area contributed by atoms with Gasteiger partial charge < -0.3 is 11.3 Å². The molecule has 0 aliphatic rings. The minimum Gasteiger partial charge on any atom is -0.850 e. The first-order valence-electron chi connectivity index (χ1n) is 3.91. The van der Waals surface area contributed by atoms with E-state index in [0.29, 0.717) is 5.41 Å². The van der Waals surface area contributed by atoms with Crippen molar-refractivity contribution in [3.05, 3.63) is 0 Å². The van der Waals surface area contributed by atoms with Crippen molar-refractivity contribution >= 4 is 0 Å². The lowest BCUT2D eigenvalue weighted by molar-refractivity contribution is -0.467. The summed E-state index contributed by atoms with van der Waals surface area (Å²) >= 11 is 0. The Morgan fingerprint density at radius 1 is 0.909 bits per heavy atom. The van der Waals surface area contributed by atoms with Crippen molar-refractivity contribution < 1.29 is 5.11 Å². The van der Waals surface area contributed by atoms with Gasteiger partial charge in [0.15, 0.2) is 0 Å². The molecule has 0 aromatic carbocycles. The molecule has 0 spiro atoms. The van der Waals surface area contributed by atoms with Crippen molar-refractivity contribution in [2.75, 3.05) is 0 Å². The van der Waals surface area contributed by atoms with E-state index in [1.54, 1.807) is 13.8 Å². The van der Waals surface area contributed by atoms with E-state index >= 15 is 0 Å². The van der Waals surface area contributed by atoms with Crippen LogP contribution >= 0.6 is 0 Å². The first kappa shape index (κ1) is 13.5. The Balaban J connectivity index is 0. The van der Waals surface area contributed by atoms with Gasteiger partial charge >= 0.3 is 0 Å². The molecular formula is C9H23NO. The Bertz CT molecular complexity index is 83.1. The van der Waals surface area contributed by atoms with Crippen LogP contribution in [0.4, 0.5) is 0 Å². The summed E-state index contributed by atoms with van der Waals surface area (Å²) in [6.45, 7) is 9.99. The summed E-state index contributed by atoms with van der Waals surface area (Å²) in [7, 11) is 0. The number of hydrogen-bond donors (Lipinski definition) is 1. The summed E-state index contributed by atoms with van der Waals surface area (Å²) in [6, 6.07) is 0. The van der Waals surface area contributed by atoms with E-state index in [4.69, 9.17) is 0 Å². The molecule has 4 N–H and O–H groups in total. The van der Waals surface area contributed by atoms with Crippen molar-refractivity contribution in [1.82, 2.24) is 6.15 Å². The molecule has 0 saturated carbocycles. The molecule has 0 bridgehead atoms. The summed E-state index contributed by atoms with van der Waals surface area (Å²) in [5, 5.41) is 11.2. The standard InChI is InChI=1S/C9H19O.H3N/c1-8(2,3)6-7-9(4,5)10;/h6-7H2,1-5H3;1H3/q-1;/p+1. The highest BCUT2D eigenvalue weighted by Crippen LogP contribution is 2.23. The molecule has 0 saturated heterocycles. The quantitative estimate of drug-likeness (QED) is 0.664. The van der Waals surface area contributed by atoms with E-state index in [1.807, 2.05) is 0 Å². The third kappa shape index (κ3) is 13.0. The molecule has 0 unspecified atom stereocenters. The smallest absolute Gasteiger partial charge is 0.0383 e. The largest absolute Gasteiger partial charge is 0.850 e. The fourth-order valence-electron chi connectivity index (χ4n) is 0.676.